The highest BCUT2D eigenvalue weighted by molar-refractivity contribution is 5.83. The van der Waals surface area contributed by atoms with Gasteiger partial charge in [0.15, 0.2) is 0 Å². The van der Waals surface area contributed by atoms with Crippen LogP contribution < -0.4 is 5.32 Å². The van der Waals surface area contributed by atoms with E-state index in [1.807, 2.05) is 6.20 Å². The second kappa shape index (κ2) is 3.71. The van der Waals surface area contributed by atoms with Gasteiger partial charge in [0, 0.05) is 35.8 Å². The van der Waals surface area contributed by atoms with Gasteiger partial charge in [-0.1, -0.05) is 12.1 Å². The Bertz CT molecular complexity index is 694. The Kier molecular flexibility index (Phi) is 2.04. The molecule has 3 aromatic rings. The van der Waals surface area contributed by atoms with Crippen LogP contribution in [0, 0.1) is 0 Å². The van der Waals surface area contributed by atoms with Gasteiger partial charge >= 0.3 is 0 Å². The van der Waals surface area contributed by atoms with Crippen molar-refractivity contribution in [2.75, 3.05) is 6.54 Å². The molecular formula is C14H14N4. The second-order valence-electron chi connectivity index (χ2n) is 4.69. The second-order valence-corrected chi connectivity index (χ2v) is 4.69. The summed E-state index contributed by atoms with van der Waals surface area (Å²) in [4.78, 5) is 11.0. The number of H-pyrrole nitrogens is 2. The maximum Gasteiger partial charge on any atom is 0.0926 e. The van der Waals surface area contributed by atoms with Gasteiger partial charge in [-0.05, 0) is 17.7 Å². The summed E-state index contributed by atoms with van der Waals surface area (Å²) in [5.74, 6) is 0. The lowest BCUT2D eigenvalue weighted by atomic mass is 9.95. The summed E-state index contributed by atoms with van der Waals surface area (Å²) in [6.45, 7) is 0.987. The number of nitrogens with zero attached hydrogens (tertiary/aromatic N) is 1. The normalized spacial score (nSPS) is 19.0. The maximum atomic E-state index is 4.48. The van der Waals surface area contributed by atoms with Crippen LogP contribution in [-0.4, -0.2) is 21.5 Å². The number of benzene rings is 1. The fourth-order valence-electron chi connectivity index (χ4n) is 2.84. The first-order valence-corrected chi connectivity index (χ1v) is 6.25. The van der Waals surface area contributed by atoms with Crippen LogP contribution in [-0.2, 0) is 6.42 Å². The van der Waals surface area contributed by atoms with Gasteiger partial charge in [0.2, 0.25) is 0 Å². The topological polar surface area (TPSA) is 56.5 Å². The van der Waals surface area contributed by atoms with E-state index in [9.17, 15) is 0 Å². The number of imidazole rings is 1. The fraction of sp³-hybridized carbons (Fsp3) is 0.214. The van der Waals surface area contributed by atoms with Crippen molar-refractivity contribution >= 4 is 10.9 Å². The molecule has 4 heteroatoms. The molecule has 1 atom stereocenters. The van der Waals surface area contributed by atoms with E-state index >= 15 is 0 Å². The number of hydrogen-bond acceptors (Lipinski definition) is 2. The van der Waals surface area contributed by atoms with Crippen molar-refractivity contribution in [2.24, 2.45) is 0 Å². The predicted octanol–water partition coefficient (Wildman–Crippen LogP) is 2.13. The van der Waals surface area contributed by atoms with Gasteiger partial charge in [0.1, 0.15) is 0 Å². The Morgan fingerprint density at radius 3 is 3.17 bits per heavy atom. The van der Waals surface area contributed by atoms with Crippen LogP contribution in [0.15, 0.2) is 36.8 Å². The maximum absolute atomic E-state index is 4.48. The third kappa shape index (κ3) is 1.32. The Hall–Kier alpha value is -2.07. The van der Waals surface area contributed by atoms with Crippen molar-refractivity contribution in [3.63, 3.8) is 0 Å². The van der Waals surface area contributed by atoms with E-state index in [4.69, 9.17) is 0 Å². The van der Waals surface area contributed by atoms with Crippen molar-refractivity contribution in [3.8, 4) is 0 Å². The molecule has 1 aliphatic rings. The number of rotatable bonds is 1. The summed E-state index contributed by atoms with van der Waals surface area (Å²) in [6.07, 6.45) is 4.80. The van der Waals surface area contributed by atoms with Crippen LogP contribution in [0.2, 0.25) is 0 Å². The van der Waals surface area contributed by atoms with Crippen molar-refractivity contribution in [2.45, 2.75) is 12.5 Å². The fourth-order valence-corrected chi connectivity index (χ4v) is 2.84. The minimum atomic E-state index is 0.194. The van der Waals surface area contributed by atoms with E-state index < -0.39 is 0 Å². The number of aromatic nitrogens is 3. The first-order chi connectivity index (χ1) is 8.93. The summed E-state index contributed by atoms with van der Waals surface area (Å²) in [7, 11) is 0. The molecule has 0 amide bonds. The van der Waals surface area contributed by atoms with Crippen molar-refractivity contribution in [1.29, 1.82) is 0 Å². The standard InChI is InChI=1S/C14H14N4/c1-2-10(9-4-6-15-11(9)3-1)13-14-12(5-7-16-13)17-8-18-14/h1-4,6,8,13,15-16H,5,7H2,(H,17,18). The Morgan fingerprint density at radius 2 is 2.17 bits per heavy atom. The molecule has 4 rings (SSSR count). The molecule has 0 fully saturated rings. The van der Waals surface area contributed by atoms with E-state index in [1.54, 1.807) is 6.33 Å². The highest BCUT2D eigenvalue weighted by Gasteiger charge is 2.24. The highest BCUT2D eigenvalue weighted by Crippen LogP contribution is 2.30. The molecule has 4 nitrogen and oxygen atoms in total. The van der Waals surface area contributed by atoms with E-state index in [1.165, 1.54) is 22.2 Å². The lowest BCUT2D eigenvalue weighted by Crippen LogP contribution is -2.30. The smallest absolute Gasteiger partial charge is 0.0926 e. The zero-order valence-electron chi connectivity index (χ0n) is 9.90. The lowest BCUT2D eigenvalue weighted by Gasteiger charge is -2.24. The molecule has 0 spiro atoms. The molecule has 0 saturated carbocycles. The molecule has 90 valence electrons. The molecule has 0 radical (unpaired) electrons. The summed E-state index contributed by atoms with van der Waals surface area (Å²) in [6, 6.07) is 8.70. The molecule has 0 bridgehead atoms. The average Bonchev–Trinajstić information content (AvgIpc) is 3.06. The third-order valence-electron chi connectivity index (χ3n) is 3.69. The number of hydrogen-bond donors (Lipinski definition) is 3. The molecular weight excluding hydrogens is 224 g/mol. The SMILES string of the molecule is c1cc(C2NCCc3[nH]cnc32)c2cc[nH]c2c1. The van der Waals surface area contributed by atoms with Crippen LogP contribution in [0.25, 0.3) is 10.9 Å². The van der Waals surface area contributed by atoms with Crippen LogP contribution in [0.3, 0.4) is 0 Å². The van der Waals surface area contributed by atoms with E-state index in [-0.39, 0.29) is 6.04 Å². The first kappa shape index (κ1) is 9.91. The van der Waals surface area contributed by atoms with Gasteiger partial charge in [-0.2, -0.15) is 0 Å². The lowest BCUT2D eigenvalue weighted by molar-refractivity contribution is 0.556. The highest BCUT2D eigenvalue weighted by atomic mass is 15.0. The molecule has 3 N–H and O–H groups in total. The summed E-state index contributed by atoms with van der Waals surface area (Å²) in [5, 5.41) is 4.83. The minimum Gasteiger partial charge on any atom is -0.361 e. The Morgan fingerprint density at radius 1 is 1.17 bits per heavy atom. The Labute approximate surface area is 104 Å². The molecule has 18 heavy (non-hydrogen) atoms. The minimum absolute atomic E-state index is 0.194. The quantitative estimate of drug-likeness (QED) is 0.608. The van der Waals surface area contributed by atoms with E-state index in [2.05, 4.69) is 44.5 Å². The number of aromatic amines is 2. The average molecular weight is 238 g/mol. The summed E-state index contributed by atoms with van der Waals surface area (Å²) < 4.78 is 0. The number of fused-ring (bicyclic) bond motifs is 2. The van der Waals surface area contributed by atoms with Gasteiger partial charge in [0.25, 0.3) is 0 Å². The van der Waals surface area contributed by atoms with Gasteiger partial charge < -0.3 is 15.3 Å². The largest absolute Gasteiger partial charge is 0.361 e. The zero-order valence-corrected chi connectivity index (χ0v) is 9.90. The Balaban J connectivity index is 1.92. The van der Waals surface area contributed by atoms with Crippen LogP contribution in [0.5, 0.6) is 0 Å². The molecule has 0 saturated heterocycles. The third-order valence-corrected chi connectivity index (χ3v) is 3.69. The van der Waals surface area contributed by atoms with Gasteiger partial charge in [-0.3, -0.25) is 0 Å². The molecule has 2 aromatic heterocycles. The van der Waals surface area contributed by atoms with E-state index in [0.717, 1.165) is 18.7 Å². The zero-order chi connectivity index (χ0) is 11.9. The molecule has 1 aromatic carbocycles. The summed E-state index contributed by atoms with van der Waals surface area (Å²) >= 11 is 0. The van der Waals surface area contributed by atoms with Crippen molar-refractivity contribution < 1.29 is 0 Å². The van der Waals surface area contributed by atoms with Gasteiger partial charge in [0.05, 0.1) is 18.1 Å². The molecule has 1 unspecified atom stereocenters. The summed E-state index contributed by atoms with van der Waals surface area (Å²) in [5.41, 5.74) is 4.86. The van der Waals surface area contributed by atoms with Crippen LogP contribution >= 0.6 is 0 Å². The predicted molar refractivity (Wildman–Crippen MR) is 70.4 cm³/mol. The number of nitrogens with one attached hydrogen (secondary N) is 3. The van der Waals surface area contributed by atoms with Crippen LogP contribution in [0.4, 0.5) is 0 Å². The molecule has 0 aliphatic carbocycles. The molecule has 1 aliphatic heterocycles. The van der Waals surface area contributed by atoms with E-state index in [0.29, 0.717) is 0 Å². The van der Waals surface area contributed by atoms with Crippen molar-refractivity contribution in [3.05, 3.63) is 53.7 Å². The van der Waals surface area contributed by atoms with Gasteiger partial charge in [-0.15, -0.1) is 0 Å². The van der Waals surface area contributed by atoms with Gasteiger partial charge in [-0.25, -0.2) is 4.98 Å². The molecule has 3 heterocycles. The van der Waals surface area contributed by atoms with Crippen molar-refractivity contribution in [1.82, 2.24) is 20.3 Å². The first-order valence-electron chi connectivity index (χ1n) is 6.25. The van der Waals surface area contributed by atoms with Crippen LogP contribution in [0.1, 0.15) is 23.0 Å². The monoisotopic (exact) mass is 238 g/mol.